The van der Waals surface area contributed by atoms with E-state index in [0.29, 0.717) is 12.8 Å². The van der Waals surface area contributed by atoms with Crippen LogP contribution >= 0.6 is 0 Å². The first kappa shape index (κ1) is 14.3. The lowest BCUT2D eigenvalue weighted by Crippen LogP contribution is -2.34. The summed E-state index contributed by atoms with van der Waals surface area (Å²) in [5.41, 5.74) is 0.724. The fourth-order valence-electron chi connectivity index (χ4n) is 2.94. The Morgan fingerprint density at radius 3 is 2.41 bits per heavy atom. The second kappa shape index (κ2) is 6.02. The lowest BCUT2D eigenvalue weighted by Gasteiger charge is -2.24. The van der Waals surface area contributed by atoms with Gasteiger partial charge in [0.05, 0.1) is 11.8 Å². The topological polar surface area (TPSA) is 66.4 Å². The van der Waals surface area contributed by atoms with Crippen molar-refractivity contribution in [2.75, 3.05) is 5.32 Å². The summed E-state index contributed by atoms with van der Waals surface area (Å²) in [7, 11) is 0. The van der Waals surface area contributed by atoms with Gasteiger partial charge in [-0.3, -0.25) is 9.59 Å². The van der Waals surface area contributed by atoms with E-state index < -0.39 is 17.8 Å². The van der Waals surface area contributed by atoms with E-state index >= 15 is 0 Å². The molecule has 3 rings (SSSR count). The van der Waals surface area contributed by atoms with Gasteiger partial charge in [-0.05, 0) is 24.3 Å². The Hall–Kier alpha value is -2.62. The molecule has 1 amide bonds. The standard InChI is InChI=1S/C18H17NO3/c20-17(14-9-3-4-10-15(14)18(21)22)19-16-11-5-7-12-6-1-2-8-13(12)16/h1-8,11,14-15H,9-10H2,(H,19,20)(H,21,22)/t14-,15-/m0/s1. The van der Waals surface area contributed by atoms with Gasteiger partial charge in [-0.15, -0.1) is 0 Å². The number of rotatable bonds is 3. The maximum atomic E-state index is 12.5. The molecule has 112 valence electrons. The molecule has 0 radical (unpaired) electrons. The summed E-state index contributed by atoms with van der Waals surface area (Å²) < 4.78 is 0. The fraction of sp³-hybridized carbons (Fsp3) is 0.222. The normalized spacial score (nSPS) is 20.7. The molecule has 0 fully saturated rings. The second-order valence-electron chi connectivity index (χ2n) is 5.51. The van der Waals surface area contributed by atoms with Crippen LogP contribution in [0.2, 0.25) is 0 Å². The van der Waals surface area contributed by atoms with E-state index in [-0.39, 0.29) is 5.91 Å². The first-order chi connectivity index (χ1) is 10.7. The highest BCUT2D eigenvalue weighted by Crippen LogP contribution is 2.29. The molecule has 0 heterocycles. The first-order valence-electron chi connectivity index (χ1n) is 7.33. The van der Waals surface area contributed by atoms with Gasteiger partial charge in [0.1, 0.15) is 0 Å². The average molecular weight is 295 g/mol. The molecule has 1 aliphatic rings. The van der Waals surface area contributed by atoms with Crippen LogP contribution in [0.3, 0.4) is 0 Å². The molecule has 2 atom stereocenters. The van der Waals surface area contributed by atoms with Gasteiger partial charge < -0.3 is 10.4 Å². The minimum Gasteiger partial charge on any atom is -0.481 e. The van der Waals surface area contributed by atoms with Gasteiger partial charge in [0.25, 0.3) is 0 Å². The minimum atomic E-state index is -0.914. The molecule has 0 bridgehead atoms. The van der Waals surface area contributed by atoms with E-state index in [9.17, 15) is 14.7 Å². The van der Waals surface area contributed by atoms with Crippen molar-refractivity contribution in [2.45, 2.75) is 12.8 Å². The minimum absolute atomic E-state index is 0.229. The summed E-state index contributed by atoms with van der Waals surface area (Å²) in [6.07, 6.45) is 4.59. The fourth-order valence-corrected chi connectivity index (χ4v) is 2.94. The van der Waals surface area contributed by atoms with Crippen LogP contribution in [0.5, 0.6) is 0 Å². The molecule has 1 aliphatic carbocycles. The van der Waals surface area contributed by atoms with Gasteiger partial charge in [0, 0.05) is 11.1 Å². The number of benzene rings is 2. The Bertz CT molecular complexity index is 746. The maximum Gasteiger partial charge on any atom is 0.307 e. The molecule has 0 aliphatic heterocycles. The molecule has 0 unspecified atom stereocenters. The van der Waals surface area contributed by atoms with Crippen LogP contribution in [0.15, 0.2) is 54.6 Å². The zero-order chi connectivity index (χ0) is 15.5. The molecule has 4 heteroatoms. The molecule has 0 aromatic heterocycles. The van der Waals surface area contributed by atoms with Crippen molar-refractivity contribution in [3.63, 3.8) is 0 Å². The number of anilines is 1. The van der Waals surface area contributed by atoms with E-state index in [1.165, 1.54) is 0 Å². The Morgan fingerprint density at radius 2 is 1.64 bits per heavy atom. The quantitative estimate of drug-likeness (QED) is 0.852. The molecule has 0 spiro atoms. The summed E-state index contributed by atoms with van der Waals surface area (Å²) in [6.45, 7) is 0. The van der Waals surface area contributed by atoms with Crippen molar-refractivity contribution in [3.05, 3.63) is 54.6 Å². The van der Waals surface area contributed by atoms with Crippen molar-refractivity contribution in [3.8, 4) is 0 Å². The van der Waals surface area contributed by atoms with Crippen LogP contribution in [0.25, 0.3) is 10.8 Å². The number of carboxylic acids is 1. The Labute approximate surface area is 128 Å². The lowest BCUT2D eigenvalue weighted by molar-refractivity contribution is -0.146. The van der Waals surface area contributed by atoms with Gasteiger partial charge in [-0.25, -0.2) is 0 Å². The van der Waals surface area contributed by atoms with Gasteiger partial charge in [-0.1, -0.05) is 48.6 Å². The van der Waals surface area contributed by atoms with E-state index in [1.807, 2.05) is 54.6 Å². The monoisotopic (exact) mass is 295 g/mol. The highest BCUT2D eigenvalue weighted by molar-refractivity contribution is 6.03. The predicted octanol–water partition coefficient (Wildman–Crippen LogP) is 3.45. The third-order valence-electron chi connectivity index (χ3n) is 4.13. The van der Waals surface area contributed by atoms with Crippen molar-refractivity contribution in [2.24, 2.45) is 11.8 Å². The third kappa shape index (κ3) is 2.72. The zero-order valence-corrected chi connectivity index (χ0v) is 12.0. The molecule has 0 saturated heterocycles. The molecule has 0 saturated carbocycles. The number of hydrogen-bond acceptors (Lipinski definition) is 2. The van der Waals surface area contributed by atoms with Crippen molar-refractivity contribution in [1.29, 1.82) is 0 Å². The first-order valence-corrected chi connectivity index (χ1v) is 7.33. The highest BCUT2D eigenvalue weighted by Gasteiger charge is 2.34. The highest BCUT2D eigenvalue weighted by atomic mass is 16.4. The summed E-state index contributed by atoms with van der Waals surface area (Å²) in [5.74, 6) is -2.32. The summed E-state index contributed by atoms with van der Waals surface area (Å²) in [4.78, 5) is 23.8. The van der Waals surface area contributed by atoms with Crippen LogP contribution in [-0.2, 0) is 9.59 Å². The molecule has 4 nitrogen and oxygen atoms in total. The number of hydrogen-bond donors (Lipinski definition) is 2. The number of fused-ring (bicyclic) bond motifs is 1. The summed E-state index contributed by atoms with van der Waals surface area (Å²) >= 11 is 0. The zero-order valence-electron chi connectivity index (χ0n) is 12.0. The van der Waals surface area contributed by atoms with Crippen molar-refractivity contribution >= 4 is 28.3 Å². The summed E-state index contributed by atoms with van der Waals surface area (Å²) in [5, 5.41) is 14.2. The van der Waals surface area contributed by atoms with E-state index in [4.69, 9.17) is 0 Å². The van der Waals surface area contributed by atoms with Gasteiger partial charge in [-0.2, -0.15) is 0 Å². The number of carbonyl (C=O) groups excluding carboxylic acids is 1. The van der Waals surface area contributed by atoms with Crippen LogP contribution < -0.4 is 5.32 Å². The molecule has 22 heavy (non-hydrogen) atoms. The van der Waals surface area contributed by atoms with E-state index in [0.717, 1.165) is 16.5 Å². The average Bonchev–Trinajstić information content (AvgIpc) is 2.55. The molecule has 2 N–H and O–H groups in total. The predicted molar refractivity (Wildman–Crippen MR) is 85.6 cm³/mol. The van der Waals surface area contributed by atoms with E-state index in [1.54, 1.807) is 0 Å². The van der Waals surface area contributed by atoms with Crippen molar-refractivity contribution in [1.82, 2.24) is 0 Å². The SMILES string of the molecule is O=C(O)[C@H]1CC=CC[C@@H]1C(=O)Nc1cccc2ccccc12. The number of carboxylic acid groups (broad SMARTS) is 1. The van der Waals surface area contributed by atoms with Gasteiger partial charge in [0.2, 0.25) is 5.91 Å². The van der Waals surface area contributed by atoms with Crippen molar-refractivity contribution < 1.29 is 14.7 Å². The Morgan fingerprint density at radius 1 is 0.955 bits per heavy atom. The second-order valence-corrected chi connectivity index (χ2v) is 5.51. The van der Waals surface area contributed by atoms with Gasteiger partial charge in [0.15, 0.2) is 0 Å². The molecule has 2 aromatic rings. The largest absolute Gasteiger partial charge is 0.481 e. The van der Waals surface area contributed by atoms with Crippen LogP contribution in [0, 0.1) is 11.8 Å². The van der Waals surface area contributed by atoms with Gasteiger partial charge >= 0.3 is 5.97 Å². The number of allylic oxidation sites excluding steroid dienone is 2. The number of aliphatic carboxylic acids is 1. The van der Waals surface area contributed by atoms with Crippen LogP contribution in [0.1, 0.15) is 12.8 Å². The molecular formula is C18H17NO3. The maximum absolute atomic E-state index is 12.5. The van der Waals surface area contributed by atoms with Crippen LogP contribution in [-0.4, -0.2) is 17.0 Å². The smallest absolute Gasteiger partial charge is 0.307 e. The Kier molecular flexibility index (Phi) is 3.92. The number of carbonyl (C=O) groups is 2. The number of amides is 1. The molecular weight excluding hydrogens is 278 g/mol. The molecule has 2 aromatic carbocycles. The lowest BCUT2D eigenvalue weighted by atomic mass is 9.82. The van der Waals surface area contributed by atoms with Crippen LogP contribution in [0.4, 0.5) is 5.69 Å². The summed E-state index contributed by atoms with van der Waals surface area (Å²) in [6, 6.07) is 13.5. The third-order valence-corrected chi connectivity index (χ3v) is 4.13. The number of nitrogens with one attached hydrogen (secondary N) is 1. The Balaban J connectivity index is 1.86. The van der Waals surface area contributed by atoms with E-state index in [2.05, 4.69) is 5.32 Å².